The molecule has 2 atom stereocenters. The van der Waals surface area contributed by atoms with Crippen LogP contribution in [0.4, 0.5) is 0 Å². The van der Waals surface area contributed by atoms with Gasteiger partial charge in [0.05, 0.1) is 10.0 Å². The van der Waals surface area contributed by atoms with Gasteiger partial charge in [0, 0.05) is 6.04 Å². The zero-order valence-electron chi connectivity index (χ0n) is 11.3. The highest BCUT2D eigenvalue weighted by molar-refractivity contribution is 6.42. The molecule has 0 aliphatic carbocycles. The van der Waals surface area contributed by atoms with Gasteiger partial charge >= 0.3 is 0 Å². The minimum absolute atomic E-state index is 0.0570. The van der Waals surface area contributed by atoms with E-state index in [1.165, 1.54) is 25.7 Å². The summed E-state index contributed by atoms with van der Waals surface area (Å²) < 4.78 is 0. The molecule has 0 saturated carbocycles. The number of hydrogen-bond acceptors (Lipinski definition) is 1. The van der Waals surface area contributed by atoms with Crippen LogP contribution in [0.15, 0.2) is 18.2 Å². The Morgan fingerprint density at radius 3 is 2.44 bits per heavy atom. The maximum atomic E-state index is 6.26. The van der Waals surface area contributed by atoms with Crippen LogP contribution in [0.25, 0.3) is 0 Å². The van der Waals surface area contributed by atoms with E-state index in [0.29, 0.717) is 16.0 Å². The molecule has 0 saturated heterocycles. The number of rotatable bonds is 7. The molecule has 2 unspecified atom stereocenters. The van der Waals surface area contributed by atoms with Crippen LogP contribution in [-0.4, -0.2) is 0 Å². The van der Waals surface area contributed by atoms with Crippen molar-refractivity contribution in [3.63, 3.8) is 0 Å². The fourth-order valence-electron chi connectivity index (χ4n) is 2.22. The van der Waals surface area contributed by atoms with E-state index in [4.69, 9.17) is 28.9 Å². The second-order valence-corrected chi connectivity index (χ2v) is 5.75. The summed E-state index contributed by atoms with van der Waals surface area (Å²) in [5, 5.41) is 1.18. The van der Waals surface area contributed by atoms with Crippen molar-refractivity contribution >= 4 is 23.2 Å². The Hall–Kier alpha value is -0.240. The Bertz CT molecular complexity index is 366. The van der Waals surface area contributed by atoms with Gasteiger partial charge in [-0.1, -0.05) is 68.8 Å². The molecule has 0 amide bonds. The van der Waals surface area contributed by atoms with Gasteiger partial charge in [0.1, 0.15) is 0 Å². The first-order chi connectivity index (χ1) is 8.58. The van der Waals surface area contributed by atoms with Crippen LogP contribution in [0.2, 0.25) is 10.0 Å². The topological polar surface area (TPSA) is 26.0 Å². The van der Waals surface area contributed by atoms with E-state index in [9.17, 15) is 0 Å². The van der Waals surface area contributed by atoms with Gasteiger partial charge in [-0.25, -0.2) is 0 Å². The van der Waals surface area contributed by atoms with E-state index >= 15 is 0 Å². The molecule has 102 valence electrons. The molecular weight excluding hydrogens is 265 g/mol. The Labute approximate surface area is 121 Å². The molecule has 0 bridgehead atoms. The minimum Gasteiger partial charge on any atom is -0.324 e. The van der Waals surface area contributed by atoms with Crippen LogP contribution in [0.5, 0.6) is 0 Å². The lowest BCUT2D eigenvalue weighted by atomic mass is 9.90. The highest BCUT2D eigenvalue weighted by Gasteiger charge is 2.14. The number of nitrogens with two attached hydrogens (primary N) is 1. The fraction of sp³-hybridized carbons (Fsp3) is 0.600. The summed E-state index contributed by atoms with van der Waals surface area (Å²) in [5.41, 5.74) is 7.34. The van der Waals surface area contributed by atoms with E-state index in [-0.39, 0.29) is 6.04 Å². The summed E-state index contributed by atoms with van der Waals surface area (Å²) in [7, 11) is 0. The van der Waals surface area contributed by atoms with Crippen molar-refractivity contribution < 1.29 is 0 Å². The van der Waals surface area contributed by atoms with Gasteiger partial charge in [-0.15, -0.1) is 0 Å². The molecule has 3 heteroatoms. The number of unbranched alkanes of at least 4 members (excludes halogenated alkanes) is 1. The van der Waals surface area contributed by atoms with Crippen LogP contribution in [0.1, 0.15) is 57.6 Å². The molecule has 2 N–H and O–H groups in total. The van der Waals surface area contributed by atoms with E-state index in [1.807, 2.05) is 18.2 Å². The van der Waals surface area contributed by atoms with Gasteiger partial charge in [0.15, 0.2) is 0 Å². The van der Waals surface area contributed by atoms with E-state index in [1.54, 1.807) is 0 Å². The van der Waals surface area contributed by atoms with E-state index < -0.39 is 0 Å². The lowest BCUT2D eigenvalue weighted by Crippen LogP contribution is -2.15. The van der Waals surface area contributed by atoms with Gasteiger partial charge in [0.25, 0.3) is 0 Å². The average molecular weight is 288 g/mol. The first kappa shape index (κ1) is 15.8. The Kier molecular flexibility index (Phi) is 7.06. The predicted octanol–water partition coefficient (Wildman–Crippen LogP) is 5.60. The van der Waals surface area contributed by atoms with Crippen molar-refractivity contribution in [2.75, 3.05) is 0 Å². The van der Waals surface area contributed by atoms with Crippen molar-refractivity contribution in [2.45, 2.75) is 52.0 Å². The number of halogens is 2. The summed E-state index contributed by atoms with van der Waals surface area (Å²) >= 11 is 11.9. The molecule has 1 aromatic rings. The second-order valence-electron chi connectivity index (χ2n) is 4.93. The Morgan fingerprint density at radius 2 is 1.89 bits per heavy atom. The molecule has 0 fully saturated rings. The Balaban J connectivity index is 2.62. The predicted molar refractivity (Wildman–Crippen MR) is 81.3 cm³/mol. The molecule has 1 rings (SSSR count). The fourth-order valence-corrected chi connectivity index (χ4v) is 2.53. The quantitative estimate of drug-likeness (QED) is 0.694. The van der Waals surface area contributed by atoms with Gasteiger partial charge in [0.2, 0.25) is 0 Å². The maximum absolute atomic E-state index is 6.26. The molecule has 0 aliphatic rings. The van der Waals surface area contributed by atoms with E-state index in [2.05, 4.69) is 13.8 Å². The average Bonchev–Trinajstić information content (AvgIpc) is 2.37. The van der Waals surface area contributed by atoms with Gasteiger partial charge < -0.3 is 5.73 Å². The SMILES string of the molecule is CCCCC(CC)CC(N)c1ccc(Cl)c(Cl)c1. The number of hydrogen-bond donors (Lipinski definition) is 1. The first-order valence-corrected chi connectivity index (χ1v) is 7.54. The highest BCUT2D eigenvalue weighted by Crippen LogP contribution is 2.29. The van der Waals surface area contributed by atoms with Crippen molar-refractivity contribution in [2.24, 2.45) is 11.7 Å². The third-order valence-electron chi connectivity index (χ3n) is 3.50. The third-order valence-corrected chi connectivity index (χ3v) is 4.24. The van der Waals surface area contributed by atoms with Crippen LogP contribution >= 0.6 is 23.2 Å². The maximum Gasteiger partial charge on any atom is 0.0595 e. The molecule has 0 aromatic heterocycles. The second kappa shape index (κ2) is 8.04. The summed E-state index contributed by atoms with van der Waals surface area (Å²) in [4.78, 5) is 0. The lowest BCUT2D eigenvalue weighted by molar-refractivity contribution is 0.388. The van der Waals surface area contributed by atoms with Crippen molar-refractivity contribution in [3.05, 3.63) is 33.8 Å². The zero-order valence-corrected chi connectivity index (χ0v) is 12.8. The van der Waals surface area contributed by atoms with Crippen molar-refractivity contribution in [1.29, 1.82) is 0 Å². The standard InChI is InChI=1S/C15H23Cl2N/c1-3-5-6-11(4-2)9-15(18)12-7-8-13(16)14(17)10-12/h7-8,10-11,15H,3-6,9,18H2,1-2H3. The first-order valence-electron chi connectivity index (χ1n) is 6.79. The smallest absolute Gasteiger partial charge is 0.0595 e. The van der Waals surface area contributed by atoms with Crippen LogP contribution < -0.4 is 5.73 Å². The van der Waals surface area contributed by atoms with E-state index in [0.717, 1.165) is 12.0 Å². The van der Waals surface area contributed by atoms with Crippen LogP contribution in [0.3, 0.4) is 0 Å². The Morgan fingerprint density at radius 1 is 1.17 bits per heavy atom. The minimum atomic E-state index is 0.0570. The normalized spacial score (nSPS) is 14.5. The molecule has 0 radical (unpaired) electrons. The lowest BCUT2D eigenvalue weighted by Gasteiger charge is -2.20. The molecule has 0 heterocycles. The summed E-state index contributed by atoms with van der Waals surface area (Å²) in [6.07, 6.45) is 6.01. The van der Waals surface area contributed by atoms with Crippen molar-refractivity contribution in [1.82, 2.24) is 0 Å². The summed E-state index contributed by atoms with van der Waals surface area (Å²) in [5.74, 6) is 0.703. The zero-order chi connectivity index (χ0) is 13.5. The summed E-state index contributed by atoms with van der Waals surface area (Å²) in [6.45, 7) is 4.47. The van der Waals surface area contributed by atoms with Crippen molar-refractivity contribution in [3.8, 4) is 0 Å². The van der Waals surface area contributed by atoms with Crippen LogP contribution in [-0.2, 0) is 0 Å². The molecule has 0 aliphatic heterocycles. The highest BCUT2D eigenvalue weighted by atomic mass is 35.5. The van der Waals surface area contributed by atoms with Gasteiger partial charge in [-0.05, 0) is 30.0 Å². The summed E-state index contributed by atoms with van der Waals surface area (Å²) in [6, 6.07) is 5.75. The van der Waals surface area contributed by atoms with Gasteiger partial charge in [-0.3, -0.25) is 0 Å². The molecule has 1 aromatic carbocycles. The molecule has 1 nitrogen and oxygen atoms in total. The molecular formula is C15H23Cl2N. The van der Waals surface area contributed by atoms with Gasteiger partial charge in [-0.2, -0.15) is 0 Å². The third kappa shape index (κ3) is 4.79. The largest absolute Gasteiger partial charge is 0.324 e. The molecule has 18 heavy (non-hydrogen) atoms. The van der Waals surface area contributed by atoms with Crippen LogP contribution in [0, 0.1) is 5.92 Å². The number of benzene rings is 1. The monoisotopic (exact) mass is 287 g/mol. The molecule has 0 spiro atoms.